The van der Waals surface area contributed by atoms with E-state index >= 15 is 0 Å². The highest BCUT2D eigenvalue weighted by atomic mass is 15.1. The molecule has 50 heavy (non-hydrogen) atoms. The summed E-state index contributed by atoms with van der Waals surface area (Å²) in [5.41, 5.74) is 2.78. The zero-order valence-corrected chi connectivity index (χ0v) is 34.4. The van der Waals surface area contributed by atoms with Crippen LogP contribution < -0.4 is 9.80 Å². The molecule has 2 rings (SSSR count). The van der Waals surface area contributed by atoms with Gasteiger partial charge >= 0.3 is 0 Å². The maximum absolute atomic E-state index is 2.51. The van der Waals surface area contributed by atoms with Crippen molar-refractivity contribution in [2.75, 3.05) is 37.0 Å². The van der Waals surface area contributed by atoms with E-state index in [1.807, 2.05) is 0 Å². The molecule has 0 aliphatic rings. The Balaban J connectivity index is 1.53. The average Bonchev–Trinajstić information content (AvgIpc) is 3.13. The Hall–Kier alpha value is -1.70. The molecule has 0 bridgehead atoms. The SMILES string of the molecule is CCCCCCCCCCCCCCCCCCN(C)c1cccc2c(N(C)CCCCCCCCCCCCCCCCCC)cccc12. The van der Waals surface area contributed by atoms with Crippen molar-refractivity contribution < 1.29 is 0 Å². The Labute approximate surface area is 314 Å². The van der Waals surface area contributed by atoms with E-state index in [-0.39, 0.29) is 0 Å². The topological polar surface area (TPSA) is 6.48 Å². The number of rotatable bonds is 36. The Bertz CT molecular complexity index is 933. The lowest BCUT2D eigenvalue weighted by atomic mass is 10.0. The normalized spacial score (nSPS) is 11.5. The van der Waals surface area contributed by atoms with Crippen LogP contribution in [-0.2, 0) is 0 Å². The number of nitrogens with zero attached hydrogens (tertiary/aromatic N) is 2. The molecule has 0 saturated heterocycles. The first-order valence-electron chi connectivity index (χ1n) is 22.6. The summed E-state index contributed by atoms with van der Waals surface area (Å²) in [6.45, 7) is 6.91. The molecule has 0 spiro atoms. The van der Waals surface area contributed by atoms with Crippen LogP contribution in [0, 0.1) is 0 Å². The summed E-state index contributed by atoms with van der Waals surface area (Å²) in [5.74, 6) is 0. The largest absolute Gasteiger partial charge is 0.374 e. The number of anilines is 2. The van der Waals surface area contributed by atoms with Crippen molar-refractivity contribution in [3.05, 3.63) is 36.4 Å². The second-order valence-corrected chi connectivity index (χ2v) is 16.1. The van der Waals surface area contributed by atoms with Crippen LogP contribution in [0.3, 0.4) is 0 Å². The molecule has 0 amide bonds. The van der Waals surface area contributed by atoms with Crippen LogP contribution >= 0.6 is 0 Å². The number of hydrogen-bond donors (Lipinski definition) is 0. The fraction of sp³-hybridized carbons (Fsp3) is 0.792. The first-order chi connectivity index (χ1) is 24.7. The van der Waals surface area contributed by atoms with Gasteiger partial charge in [-0.3, -0.25) is 0 Å². The van der Waals surface area contributed by atoms with Gasteiger partial charge in [0.15, 0.2) is 0 Å². The molecule has 0 saturated carbocycles. The smallest absolute Gasteiger partial charge is 0.0444 e. The summed E-state index contributed by atoms with van der Waals surface area (Å²) < 4.78 is 0. The van der Waals surface area contributed by atoms with Crippen molar-refractivity contribution in [2.45, 2.75) is 219 Å². The monoisotopic (exact) mass is 691 g/mol. The third-order valence-electron chi connectivity index (χ3n) is 11.4. The fourth-order valence-electron chi connectivity index (χ4n) is 7.98. The van der Waals surface area contributed by atoms with Crippen LogP contribution in [-0.4, -0.2) is 27.2 Å². The molecule has 2 nitrogen and oxygen atoms in total. The molecule has 0 aliphatic carbocycles. The predicted octanol–water partition coefficient (Wildman–Crippen LogP) is 16.2. The minimum Gasteiger partial charge on any atom is -0.374 e. The fourth-order valence-corrected chi connectivity index (χ4v) is 7.98. The van der Waals surface area contributed by atoms with Crippen molar-refractivity contribution in [2.24, 2.45) is 0 Å². The maximum atomic E-state index is 2.51. The molecule has 2 aromatic rings. The Kier molecular flexibility index (Phi) is 28.4. The molecule has 2 aromatic carbocycles. The van der Waals surface area contributed by atoms with Crippen LogP contribution in [0.2, 0.25) is 0 Å². The quantitative estimate of drug-likeness (QED) is 0.0657. The van der Waals surface area contributed by atoms with E-state index in [1.165, 1.54) is 228 Å². The molecular formula is C48H86N2. The Morgan fingerprint density at radius 1 is 0.300 bits per heavy atom. The van der Waals surface area contributed by atoms with Crippen LogP contribution in [0.15, 0.2) is 36.4 Å². The zero-order valence-electron chi connectivity index (χ0n) is 34.4. The summed E-state index contributed by atoms with van der Waals surface area (Å²) in [7, 11) is 4.60. The van der Waals surface area contributed by atoms with E-state index < -0.39 is 0 Å². The van der Waals surface area contributed by atoms with Crippen LogP contribution in [0.4, 0.5) is 11.4 Å². The van der Waals surface area contributed by atoms with E-state index in [9.17, 15) is 0 Å². The van der Waals surface area contributed by atoms with Crippen molar-refractivity contribution in [3.8, 4) is 0 Å². The highest BCUT2D eigenvalue weighted by Gasteiger charge is 2.11. The number of benzene rings is 2. The minimum atomic E-state index is 1.15. The molecule has 0 fully saturated rings. The molecule has 0 unspecified atom stereocenters. The van der Waals surface area contributed by atoms with Gasteiger partial charge in [-0.15, -0.1) is 0 Å². The number of fused-ring (bicyclic) bond motifs is 1. The first-order valence-corrected chi connectivity index (χ1v) is 22.6. The molecule has 0 radical (unpaired) electrons. The van der Waals surface area contributed by atoms with Gasteiger partial charge in [0, 0.05) is 49.3 Å². The van der Waals surface area contributed by atoms with Crippen molar-refractivity contribution in [1.29, 1.82) is 0 Å². The third kappa shape index (κ3) is 21.6. The van der Waals surface area contributed by atoms with Gasteiger partial charge < -0.3 is 9.80 Å². The second-order valence-electron chi connectivity index (χ2n) is 16.1. The van der Waals surface area contributed by atoms with Crippen LogP contribution in [0.5, 0.6) is 0 Å². The zero-order chi connectivity index (χ0) is 35.7. The van der Waals surface area contributed by atoms with Crippen molar-refractivity contribution in [3.63, 3.8) is 0 Å². The van der Waals surface area contributed by atoms with Crippen molar-refractivity contribution in [1.82, 2.24) is 0 Å². The lowest BCUT2D eigenvalue weighted by molar-refractivity contribution is 0.529. The molecule has 0 atom stereocenters. The van der Waals surface area contributed by atoms with E-state index in [0.717, 1.165) is 13.1 Å². The Morgan fingerprint density at radius 2 is 0.520 bits per heavy atom. The van der Waals surface area contributed by atoms with E-state index in [4.69, 9.17) is 0 Å². The molecule has 0 aromatic heterocycles. The number of hydrogen-bond acceptors (Lipinski definition) is 2. The highest BCUT2D eigenvalue weighted by molar-refractivity contribution is 6.01. The van der Waals surface area contributed by atoms with Gasteiger partial charge in [0.1, 0.15) is 0 Å². The molecule has 0 N–H and O–H groups in total. The van der Waals surface area contributed by atoms with Gasteiger partial charge in [-0.25, -0.2) is 0 Å². The van der Waals surface area contributed by atoms with Crippen LogP contribution in [0.25, 0.3) is 10.8 Å². The van der Waals surface area contributed by atoms with E-state index in [0.29, 0.717) is 0 Å². The highest BCUT2D eigenvalue weighted by Crippen LogP contribution is 2.33. The van der Waals surface area contributed by atoms with E-state index in [1.54, 1.807) is 0 Å². The standard InChI is InChI=1S/C48H86N2/c1-5-7-9-11-13-15-17-19-21-23-25-27-29-31-33-35-43-49(3)47-41-37-40-46-45(47)39-38-42-48(46)50(4)44-36-34-32-30-28-26-24-22-20-18-16-14-12-10-8-6-2/h37-42H,5-36,43-44H2,1-4H3. The van der Waals surface area contributed by atoms with Gasteiger partial charge in [0.05, 0.1) is 0 Å². The lowest BCUT2D eigenvalue weighted by Crippen LogP contribution is -2.20. The molecule has 0 aliphatic heterocycles. The summed E-state index contributed by atoms with van der Waals surface area (Å²) in [6.07, 6.45) is 45.7. The van der Waals surface area contributed by atoms with Crippen LogP contribution in [0.1, 0.15) is 219 Å². The average molecular weight is 691 g/mol. The molecule has 288 valence electrons. The first kappa shape index (κ1) is 44.5. The maximum Gasteiger partial charge on any atom is 0.0444 e. The van der Waals surface area contributed by atoms with Gasteiger partial charge in [0.2, 0.25) is 0 Å². The van der Waals surface area contributed by atoms with Gasteiger partial charge in [-0.2, -0.15) is 0 Å². The van der Waals surface area contributed by atoms with Gasteiger partial charge in [-0.1, -0.05) is 231 Å². The van der Waals surface area contributed by atoms with Crippen molar-refractivity contribution >= 4 is 22.1 Å². The second kappa shape index (κ2) is 32.0. The van der Waals surface area contributed by atoms with Gasteiger partial charge in [-0.05, 0) is 25.0 Å². The summed E-state index contributed by atoms with van der Waals surface area (Å²) in [6, 6.07) is 13.9. The summed E-state index contributed by atoms with van der Waals surface area (Å²) in [5, 5.41) is 2.81. The molecule has 0 heterocycles. The lowest BCUT2D eigenvalue weighted by Gasteiger charge is -2.25. The van der Waals surface area contributed by atoms with E-state index in [2.05, 4.69) is 74.1 Å². The summed E-state index contributed by atoms with van der Waals surface area (Å²) >= 11 is 0. The predicted molar refractivity (Wildman–Crippen MR) is 230 cm³/mol. The van der Waals surface area contributed by atoms with Gasteiger partial charge in [0.25, 0.3) is 0 Å². The third-order valence-corrected chi connectivity index (χ3v) is 11.4. The number of unbranched alkanes of at least 4 members (excludes halogenated alkanes) is 30. The molecule has 2 heteroatoms. The molecular weight excluding hydrogens is 605 g/mol. The summed E-state index contributed by atoms with van der Waals surface area (Å²) in [4.78, 5) is 5.01. The minimum absolute atomic E-state index is 1.15. The Morgan fingerprint density at radius 3 is 0.760 bits per heavy atom.